The van der Waals surface area contributed by atoms with Crippen LogP contribution in [0.3, 0.4) is 0 Å². The van der Waals surface area contributed by atoms with E-state index >= 15 is 0 Å². The number of hydrogen-bond acceptors (Lipinski definition) is 4. The molecule has 0 saturated carbocycles. The number of hydrogen-bond donors (Lipinski definition) is 1. The maximum absolute atomic E-state index is 8.95. The summed E-state index contributed by atoms with van der Waals surface area (Å²) in [4.78, 5) is 0. The number of rotatable bonds is 15. The first-order valence-electron chi connectivity index (χ1n) is 9.38. The predicted octanol–water partition coefficient (Wildman–Crippen LogP) is 4.33. The van der Waals surface area contributed by atoms with Gasteiger partial charge in [0.05, 0.1) is 43.7 Å². The Morgan fingerprint density at radius 3 is 2.00 bits per heavy atom. The van der Waals surface area contributed by atoms with Gasteiger partial charge in [-0.1, -0.05) is 39.5 Å². The van der Waals surface area contributed by atoms with Crippen LogP contribution in [0.1, 0.15) is 80.1 Å². The van der Waals surface area contributed by atoms with Crippen molar-refractivity contribution in [1.29, 1.82) is 0 Å². The monoisotopic (exact) mass is 332 g/mol. The zero-order chi connectivity index (χ0) is 17.7. The van der Waals surface area contributed by atoms with Gasteiger partial charge in [-0.25, -0.2) is 0 Å². The van der Waals surface area contributed by atoms with Crippen LogP contribution in [0.25, 0.3) is 0 Å². The molecule has 0 radical (unpaired) electrons. The second-order valence-electron chi connectivity index (χ2n) is 7.06. The quantitative estimate of drug-likeness (QED) is 0.453. The summed E-state index contributed by atoms with van der Waals surface area (Å²) in [7, 11) is 0. The van der Waals surface area contributed by atoms with Crippen LogP contribution in [0.5, 0.6) is 0 Å². The van der Waals surface area contributed by atoms with Gasteiger partial charge < -0.3 is 19.3 Å². The summed E-state index contributed by atoms with van der Waals surface area (Å²) >= 11 is 0. The molecular formula is C19H40O4. The van der Waals surface area contributed by atoms with E-state index in [4.69, 9.17) is 19.3 Å². The van der Waals surface area contributed by atoms with Crippen LogP contribution in [0.2, 0.25) is 0 Å². The lowest BCUT2D eigenvalue weighted by Crippen LogP contribution is -2.35. The first-order chi connectivity index (χ1) is 10.9. The molecule has 1 N–H and O–H groups in total. The molecule has 0 saturated heterocycles. The van der Waals surface area contributed by atoms with Crippen LogP contribution in [-0.4, -0.2) is 48.8 Å². The molecule has 0 aromatic rings. The second-order valence-corrected chi connectivity index (χ2v) is 7.06. The molecule has 4 nitrogen and oxygen atoms in total. The lowest BCUT2D eigenvalue weighted by atomic mass is 9.93. The molecule has 0 aromatic heterocycles. The third-order valence-electron chi connectivity index (χ3n) is 4.06. The number of aliphatic hydroxyl groups excluding tert-OH is 1. The van der Waals surface area contributed by atoms with Crippen molar-refractivity contribution in [2.75, 3.05) is 19.8 Å². The van der Waals surface area contributed by atoms with E-state index in [9.17, 15) is 0 Å². The third-order valence-corrected chi connectivity index (χ3v) is 4.06. The highest BCUT2D eigenvalue weighted by atomic mass is 16.6. The summed E-state index contributed by atoms with van der Waals surface area (Å²) < 4.78 is 17.6. The Labute approximate surface area is 143 Å². The Morgan fingerprint density at radius 1 is 0.826 bits per heavy atom. The standard InChI is InChI=1S/C19H40O4/c1-7-9-10-12-19(6,11-8-2)23-18(5)15-22-17(4)14-21-16(3)13-20/h16-18,20H,7-15H2,1-6H3. The van der Waals surface area contributed by atoms with Crippen molar-refractivity contribution in [2.24, 2.45) is 0 Å². The van der Waals surface area contributed by atoms with Crippen LogP contribution < -0.4 is 0 Å². The van der Waals surface area contributed by atoms with Gasteiger partial charge in [-0.2, -0.15) is 0 Å². The van der Waals surface area contributed by atoms with Crippen LogP contribution in [0, 0.1) is 0 Å². The van der Waals surface area contributed by atoms with Crippen LogP contribution >= 0.6 is 0 Å². The maximum atomic E-state index is 8.95. The van der Waals surface area contributed by atoms with E-state index in [0.717, 1.165) is 19.3 Å². The van der Waals surface area contributed by atoms with E-state index in [1.54, 1.807) is 0 Å². The van der Waals surface area contributed by atoms with E-state index in [1.165, 1.54) is 19.3 Å². The molecule has 0 rings (SSSR count). The van der Waals surface area contributed by atoms with E-state index < -0.39 is 0 Å². The molecule has 0 aliphatic carbocycles. The lowest BCUT2D eigenvalue weighted by molar-refractivity contribution is -0.128. The van der Waals surface area contributed by atoms with Gasteiger partial charge >= 0.3 is 0 Å². The van der Waals surface area contributed by atoms with Crippen molar-refractivity contribution in [3.8, 4) is 0 Å². The summed E-state index contributed by atoms with van der Waals surface area (Å²) in [5.41, 5.74) is -0.0438. The van der Waals surface area contributed by atoms with Crippen molar-refractivity contribution in [3.63, 3.8) is 0 Å². The van der Waals surface area contributed by atoms with Crippen LogP contribution in [-0.2, 0) is 14.2 Å². The van der Waals surface area contributed by atoms with Crippen molar-refractivity contribution >= 4 is 0 Å². The van der Waals surface area contributed by atoms with Gasteiger partial charge in [0.25, 0.3) is 0 Å². The highest BCUT2D eigenvalue weighted by Crippen LogP contribution is 2.26. The third kappa shape index (κ3) is 11.9. The Morgan fingerprint density at radius 2 is 1.43 bits per heavy atom. The van der Waals surface area contributed by atoms with Crippen LogP contribution in [0.15, 0.2) is 0 Å². The molecule has 0 heterocycles. The average Bonchev–Trinajstić information content (AvgIpc) is 2.50. The first kappa shape index (κ1) is 22.8. The Balaban J connectivity index is 4.12. The summed E-state index contributed by atoms with van der Waals surface area (Å²) in [5, 5.41) is 8.95. The molecule has 0 amide bonds. The zero-order valence-electron chi connectivity index (χ0n) is 16.3. The molecule has 4 heteroatoms. The van der Waals surface area contributed by atoms with Gasteiger partial charge in [-0.3, -0.25) is 0 Å². The van der Waals surface area contributed by atoms with E-state index in [1.807, 2.05) is 13.8 Å². The molecule has 0 aliphatic rings. The number of unbranched alkanes of at least 4 members (excludes halogenated alkanes) is 2. The highest BCUT2D eigenvalue weighted by molar-refractivity contribution is 4.76. The van der Waals surface area contributed by atoms with Crippen molar-refractivity contribution in [3.05, 3.63) is 0 Å². The van der Waals surface area contributed by atoms with Gasteiger partial charge in [0.1, 0.15) is 0 Å². The van der Waals surface area contributed by atoms with E-state index in [0.29, 0.717) is 13.2 Å². The SMILES string of the molecule is CCCCCC(C)(CCC)OC(C)COC(C)COC(C)CO. The Kier molecular flexibility index (Phi) is 13.1. The minimum absolute atomic E-state index is 0.00701. The minimum Gasteiger partial charge on any atom is -0.394 e. The fraction of sp³-hybridized carbons (Fsp3) is 1.00. The molecule has 0 fully saturated rings. The van der Waals surface area contributed by atoms with E-state index in [2.05, 4.69) is 27.7 Å². The molecule has 0 spiro atoms. The fourth-order valence-electron chi connectivity index (χ4n) is 2.74. The molecule has 0 aliphatic heterocycles. The second kappa shape index (κ2) is 13.2. The molecule has 4 atom stereocenters. The van der Waals surface area contributed by atoms with E-state index in [-0.39, 0.29) is 30.5 Å². The zero-order valence-corrected chi connectivity index (χ0v) is 16.3. The van der Waals surface area contributed by atoms with Crippen LogP contribution in [0.4, 0.5) is 0 Å². The Bertz CT molecular complexity index is 272. The molecule has 0 aromatic carbocycles. The molecule has 0 bridgehead atoms. The first-order valence-corrected chi connectivity index (χ1v) is 9.38. The molecule has 140 valence electrons. The molecule has 23 heavy (non-hydrogen) atoms. The van der Waals surface area contributed by atoms with Gasteiger partial charge in [0, 0.05) is 0 Å². The van der Waals surface area contributed by atoms with Crippen molar-refractivity contribution in [2.45, 2.75) is 104 Å². The van der Waals surface area contributed by atoms with Gasteiger partial charge in [-0.15, -0.1) is 0 Å². The average molecular weight is 333 g/mol. The normalized spacial score (nSPS) is 18.4. The fourth-order valence-corrected chi connectivity index (χ4v) is 2.74. The predicted molar refractivity (Wildman–Crippen MR) is 95.9 cm³/mol. The van der Waals surface area contributed by atoms with Crippen molar-refractivity contribution < 1.29 is 19.3 Å². The number of ether oxygens (including phenoxy) is 3. The van der Waals surface area contributed by atoms with Gasteiger partial charge in [0.2, 0.25) is 0 Å². The summed E-state index contributed by atoms with van der Waals surface area (Å²) in [6.07, 6.45) is 7.03. The summed E-state index contributed by atoms with van der Waals surface area (Å²) in [6, 6.07) is 0. The Hall–Kier alpha value is -0.160. The molecule has 4 unspecified atom stereocenters. The maximum Gasteiger partial charge on any atom is 0.0788 e. The minimum atomic E-state index is -0.138. The van der Waals surface area contributed by atoms with Gasteiger partial charge in [0.15, 0.2) is 0 Å². The smallest absolute Gasteiger partial charge is 0.0788 e. The summed E-state index contributed by atoms with van der Waals surface area (Å²) in [6.45, 7) is 13.7. The van der Waals surface area contributed by atoms with Gasteiger partial charge in [-0.05, 0) is 40.5 Å². The topological polar surface area (TPSA) is 47.9 Å². The largest absolute Gasteiger partial charge is 0.394 e. The van der Waals surface area contributed by atoms with Crippen molar-refractivity contribution in [1.82, 2.24) is 0 Å². The molecular weight excluding hydrogens is 292 g/mol. The highest BCUT2D eigenvalue weighted by Gasteiger charge is 2.26. The summed E-state index contributed by atoms with van der Waals surface area (Å²) in [5.74, 6) is 0. The lowest BCUT2D eigenvalue weighted by Gasteiger charge is -2.33. The number of aliphatic hydroxyl groups is 1.